The first-order chi connectivity index (χ1) is 7.19. The van der Waals surface area contributed by atoms with Gasteiger partial charge in [-0.05, 0) is 19.1 Å². The second-order valence-electron chi connectivity index (χ2n) is 3.54. The second kappa shape index (κ2) is 5.73. The van der Waals surface area contributed by atoms with Crippen molar-refractivity contribution < 1.29 is 14.6 Å². The van der Waals surface area contributed by atoms with Crippen LogP contribution in [-0.4, -0.2) is 25.9 Å². The van der Waals surface area contributed by atoms with E-state index < -0.39 is 6.10 Å². The van der Waals surface area contributed by atoms with Crippen LogP contribution in [0.15, 0.2) is 18.2 Å². The Balaban J connectivity index is 2.85. The van der Waals surface area contributed by atoms with Gasteiger partial charge in [-0.15, -0.1) is 0 Å². The maximum atomic E-state index is 9.93. The van der Waals surface area contributed by atoms with Gasteiger partial charge >= 0.3 is 0 Å². The summed E-state index contributed by atoms with van der Waals surface area (Å²) in [5, 5.41) is 9.93. The van der Waals surface area contributed by atoms with Crippen LogP contribution in [0.25, 0.3) is 0 Å². The summed E-state index contributed by atoms with van der Waals surface area (Å²) < 4.78 is 10.1. The van der Waals surface area contributed by atoms with Crippen molar-refractivity contribution in [2.75, 3.05) is 20.8 Å². The molecule has 0 amide bonds. The van der Waals surface area contributed by atoms with Crippen LogP contribution >= 0.6 is 0 Å². The summed E-state index contributed by atoms with van der Waals surface area (Å²) in [5.41, 5.74) is 1.94. The third kappa shape index (κ3) is 3.22. The molecule has 1 unspecified atom stereocenters. The molecular formula is C12H18O3. The number of hydrogen-bond acceptors (Lipinski definition) is 3. The predicted molar refractivity (Wildman–Crippen MR) is 59.2 cm³/mol. The molecule has 0 bridgehead atoms. The average Bonchev–Trinajstić information content (AvgIpc) is 2.25. The van der Waals surface area contributed by atoms with Crippen molar-refractivity contribution in [3.63, 3.8) is 0 Å². The highest BCUT2D eigenvalue weighted by Gasteiger charge is 2.12. The molecule has 0 spiro atoms. The van der Waals surface area contributed by atoms with Crippen LogP contribution in [0.2, 0.25) is 0 Å². The highest BCUT2D eigenvalue weighted by Crippen LogP contribution is 2.27. The minimum absolute atomic E-state index is 0.528. The maximum absolute atomic E-state index is 9.93. The van der Waals surface area contributed by atoms with Crippen LogP contribution in [0.3, 0.4) is 0 Å². The quantitative estimate of drug-likeness (QED) is 0.808. The van der Waals surface area contributed by atoms with Crippen molar-refractivity contribution in [2.45, 2.75) is 19.4 Å². The normalized spacial score (nSPS) is 12.5. The fourth-order valence-corrected chi connectivity index (χ4v) is 1.50. The molecule has 84 valence electrons. The Hall–Kier alpha value is -1.06. The van der Waals surface area contributed by atoms with E-state index in [0.717, 1.165) is 16.9 Å². The van der Waals surface area contributed by atoms with Crippen molar-refractivity contribution >= 4 is 0 Å². The summed E-state index contributed by atoms with van der Waals surface area (Å²) in [7, 11) is 3.23. The van der Waals surface area contributed by atoms with Gasteiger partial charge in [0.05, 0.1) is 13.2 Å². The van der Waals surface area contributed by atoms with Crippen LogP contribution in [0.4, 0.5) is 0 Å². The summed E-state index contributed by atoms with van der Waals surface area (Å²) in [6.07, 6.45) is 0.0517. The van der Waals surface area contributed by atoms with Gasteiger partial charge in [-0.1, -0.05) is 11.6 Å². The second-order valence-corrected chi connectivity index (χ2v) is 3.54. The van der Waals surface area contributed by atoms with E-state index in [1.165, 1.54) is 0 Å². The predicted octanol–water partition coefficient (Wildman–Crippen LogP) is 2.07. The first-order valence-electron chi connectivity index (χ1n) is 5.00. The number of hydrogen-bond donors (Lipinski definition) is 1. The zero-order valence-electron chi connectivity index (χ0n) is 9.49. The molecule has 0 aliphatic carbocycles. The number of benzene rings is 1. The lowest BCUT2D eigenvalue weighted by molar-refractivity contribution is 0.108. The molecule has 3 nitrogen and oxygen atoms in total. The molecule has 0 radical (unpaired) electrons. The Kier molecular flexibility index (Phi) is 4.59. The van der Waals surface area contributed by atoms with Gasteiger partial charge in [0.25, 0.3) is 0 Å². The zero-order chi connectivity index (χ0) is 11.3. The van der Waals surface area contributed by atoms with Gasteiger partial charge in [-0.3, -0.25) is 0 Å². The number of ether oxygens (including phenoxy) is 2. The third-order valence-corrected chi connectivity index (χ3v) is 2.34. The summed E-state index contributed by atoms with van der Waals surface area (Å²) in [4.78, 5) is 0. The summed E-state index contributed by atoms with van der Waals surface area (Å²) in [6, 6.07) is 5.78. The molecule has 0 fully saturated rings. The van der Waals surface area contributed by atoms with E-state index in [9.17, 15) is 5.11 Å². The number of rotatable bonds is 5. The van der Waals surface area contributed by atoms with Crippen LogP contribution in [0.1, 0.15) is 23.7 Å². The molecule has 1 aromatic rings. The van der Waals surface area contributed by atoms with Crippen LogP contribution in [-0.2, 0) is 4.74 Å². The molecule has 3 heteroatoms. The molecule has 0 saturated carbocycles. The Morgan fingerprint density at radius 2 is 2.07 bits per heavy atom. The number of aliphatic hydroxyl groups excluding tert-OH is 1. The van der Waals surface area contributed by atoms with Gasteiger partial charge < -0.3 is 14.6 Å². The van der Waals surface area contributed by atoms with Crippen molar-refractivity contribution in [1.82, 2.24) is 0 Å². The van der Waals surface area contributed by atoms with E-state index in [1.54, 1.807) is 14.2 Å². The topological polar surface area (TPSA) is 38.7 Å². The lowest BCUT2D eigenvalue weighted by Crippen LogP contribution is -2.04. The molecule has 0 heterocycles. The first-order valence-corrected chi connectivity index (χ1v) is 5.00. The zero-order valence-corrected chi connectivity index (χ0v) is 9.49. The summed E-state index contributed by atoms with van der Waals surface area (Å²) in [6.45, 7) is 2.53. The van der Waals surface area contributed by atoms with Crippen molar-refractivity contribution in [2.24, 2.45) is 0 Å². The lowest BCUT2D eigenvalue weighted by Gasteiger charge is -2.15. The van der Waals surface area contributed by atoms with Crippen LogP contribution in [0.5, 0.6) is 5.75 Å². The van der Waals surface area contributed by atoms with Crippen LogP contribution < -0.4 is 4.74 Å². The molecule has 1 atom stereocenters. The van der Waals surface area contributed by atoms with Crippen molar-refractivity contribution in [3.8, 4) is 5.75 Å². The standard InChI is InChI=1S/C12H18O3/c1-9-4-5-12(15-3)10(8-9)11(13)6-7-14-2/h4-5,8,11,13H,6-7H2,1-3H3. The fraction of sp³-hybridized carbons (Fsp3) is 0.500. The number of aliphatic hydroxyl groups is 1. The Labute approximate surface area is 90.6 Å². The highest BCUT2D eigenvalue weighted by molar-refractivity contribution is 5.38. The smallest absolute Gasteiger partial charge is 0.124 e. The third-order valence-electron chi connectivity index (χ3n) is 2.34. The molecule has 0 aliphatic heterocycles. The minimum Gasteiger partial charge on any atom is -0.496 e. The van der Waals surface area contributed by atoms with Gasteiger partial charge in [0.15, 0.2) is 0 Å². The van der Waals surface area contributed by atoms with E-state index in [1.807, 2.05) is 25.1 Å². The molecule has 1 rings (SSSR count). The fourth-order valence-electron chi connectivity index (χ4n) is 1.50. The highest BCUT2D eigenvalue weighted by atomic mass is 16.5. The van der Waals surface area contributed by atoms with Crippen molar-refractivity contribution in [3.05, 3.63) is 29.3 Å². The largest absolute Gasteiger partial charge is 0.496 e. The molecule has 0 aliphatic rings. The number of methoxy groups -OCH3 is 2. The Morgan fingerprint density at radius 3 is 2.67 bits per heavy atom. The maximum Gasteiger partial charge on any atom is 0.124 e. The molecule has 0 saturated heterocycles. The van der Waals surface area contributed by atoms with E-state index in [2.05, 4.69) is 0 Å². The van der Waals surface area contributed by atoms with E-state index in [4.69, 9.17) is 9.47 Å². The molecule has 1 N–H and O–H groups in total. The monoisotopic (exact) mass is 210 g/mol. The van der Waals surface area contributed by atoms with Gasteiger partial charge in [-0.2, -0.15) is 0 Å². The molecular weight excluding hydrogens is 192 g/mol. The number of aryl methyl sites for hydroxylation is 1. The summed E-state index contributed by atoms with van der Waals surface area (Å²) >= 11 is 0. The lowest BCUT2D eigenvalue weighted by atomic mass is 10.0. The minimum atomic E-state index is -0.528. The van der Waals surface area contributed by atoms with E-state index in [0.29, 0.717) is 13.0 Å². The Bertz CT molecular complexity index is 310. The van der Waals surface area contributed by atoms with Crippen molar-refractivity contribution in [1.29, 1.82) is 0 Å². The van der Waals surface area contributed by atoms with Gasteiger partial charge in [0.1, 0.15) is 5.75 Å². The summed E-state index contributed by atoms with van der Waals surface area (Å²) in [5.74, 6) is 0.726. The van der Waals surface area contributed by atoms with Crippen LogP contribution in [0, 0.1) is 6.92 Å². The average molecular weight is 210 g/mol. The molecule has 0 aromatic heterocycles. The van der Waals surface area contributed by atoms with E-state index in [-0.39, 0.29) is 0 Å². The Morgan fingerprint density at radius 1 is 1.33 bits per heavy atom. The van der Waals surface area contributed by atoms with E-state index >= 15 is 0 Å². The SMILES string of the molecule is COCCC(O)c1cc(C)ccc1OC. The molecule has 1 aromatic carbocycles. The first kappa shape index (κ1) is 12.0. The molecule has 15 heavy (non-hydrogen) atoms. The van der Waals surface area contributed by atoms with Gasteiger partial charge in [0.2, 0.25) is 0 Å². The van der Waals surface area contributed by atoms with Gasteiger partial charge in [0, 0.05) is 25.7 Å². The van der Waals surface area contributed by atoms with Gasteiger partial charge in [-0.25, -0.2) is 0 Å².